The van der Waals surface area contributed by atoms with E-state index in [9.17, 15) is 22.8 Å². The average molecular weight is 353 g/mol. The molecule has 0 spiro atoms. The molecule has 0 aromatic heterocycles. The van der Waals surface area contributed by atoms with Gasteiger partial charge in [0.1, 0.15) is 0 Å². The lowest BCUT2D eigenvalue weighted by molar-refractivity contribution is -0.195. The van der Waals surface area contributed by atoms with Crippen LogP contribution >= 0.6 is 0 Å². The molecule has 1 amide bonds. The number of rotatable bonds is 1. The van der Waals surface area contributed by atoms with Crippen LogP contribution in [0.5, 0.6) is 0 Å². The van der Waals surface area contributed by atoms with E-state index in [1.165, 1.54) is 6.92 Å². The van der Waals surface area contributed by atoms with Crippen LogP contribution in [0.1, 0.15) is 55.6 Å². The number of carbonyl (C=O) groups excluding carboxylic acids is 2. The molecule has 1 saturated heterocycles. The van der Waals surface area contributed by atoms with Gasteiger partial charge in [-0.2, -0.15) is 13.2 Å². The monoisotopic (exact) mass is 353 g/mol. The molecule has 1 heterocycles. The second-order valence-electron chi connectivity index (χ2n) is 7.95. The van der Waals surface area contributed by atoms with Crippen molar-refractivity contribution in [1.29, 1.82) is 0 Å². The van der Waals surface area contributed by atoms with Crippen LogP contribution in [0, 0.1) is 5.41 Å². The lowest BCUT2D eigenvalue weighted by Crippen LogP contribution is -2.66. The van der Waals surface area contributed by atoms with E-state index in [2.05, 4.69) is 6.92 Å². The van der Waals surface area contributed by atoms with Gasteiger partial charge in [-0.15, -0.1) is 0 Å². The van der Waals surface area contributed by atoms with Crippen LogP contribution in [0.4, 0.5) is 13.2 Å². The Hall–Kier alpha value is -1.85. The molecular weight excluding hydrogens is 331 g/mol. The number of carbonyl (C=O) groups is 2. The van der Waals surface area contributed by atoms with Crippen molar-refractivity contribution < 1.29 is 22.8 Å². The summed E-state index contributed by atoms with van der Waals surface area (Å²) < 4.78 is 39.1. The molecule has 0 radical (unpaired) electrons. The predicted molar refractivity (Wildman–Crippen MR) is 87.5 cm³/mol. The zero-order valence-electron chi connectivity index (χ0n) is 14.8. The van der Waals surface area contributed by atoms with E-state index in [4.69, 9.17) is 0 Å². The van der Waals surface area contributed by atoms with Gasteiger partial charge in [0.15, 0.2) is 5.78 Å². The molecule has 3 rings (SSSR count). The molecule has 136 valence electrons. The van der Waals surface area contributed by atoms with Crippen molar-refractivity contribution in [2.24, 2.45) is 5.41 Å². The first-order valence-electron chi connectivity index (χ1n) is 8.42. The van der Waals surface area contributed by atoms with E-state index in [1.807, 2.05) is 19.9 Å². The van der Waals surface area contributed by atoms with Gasteiger partial charge in [0, 0.05) is 23.6 Å². The fraction of sp³-hybridized carbons (Fsp3) is 0.579. The highest BCUT2D eigenvalue weighted by Gasteiger charge is 2.59. The van der Waals surface area contributed by atoms with Crippen LogP contribution in [0.15, 0.2) is 18.2 Å². The van der Waals surface area contributed by atoms with Crippen molar-refractivity contribution in [2.45, 2.75) is 58.2 Å². The minimum Gasteiger partial charge on any atom is -0.331 e. The smallest absolute Gasteiger partial charge is 0.331 e. The summed E-state index contributed by atoms with van der Waals surface area (Å²) in [6.45, 7) is 7.50. The number of ketones is 1. The molecule has 25 heavy (non-hydrogen) atoms. The van der Waals surface area contributed by atoms with Gasteiger partial charge in [0.05, 0.1) is 0 Å². The first kappa shape index (κ1) is 18.0. The summed E-state index contributed by atoms with van der Waals surface area (Å²) in [5.41, 5.74) is 1.66. The number of halogens is 3. The Kier molecular flexibility index (Phi) is 3.82. The number of piperidine rings is 1. The summed E-state index contributed by atoms with van der Waals surface area (Å²) in [5, 5.41) is 0. The average Bonchev–Trinajstić information content (AvgIpc) is 2.49. The van der Waals surface area contributed by atoms with Gasteiger partial charge in [-0.25, -0.2) is 0 Å². The van der Waals surface area contributed by atoms with Crippen molar-refractivity contribution >= 4 is 11.7 Å². The number of fused-ring (bicyclic) bond motifs is 4. The van der Waals surface area contributed by atoms with E-state index >= 15 is 0 Å². The maximum absolute atomic E-state index is 13.0. The molecule has 1 aromatic rings. The van der Waals surface area contributed by atoms with Gasteiger partial charge in [-0.3, -0.25) is 9.59 Å². The van der Waals surface area contributed by atoms with Gasteiger partial charge < -0.3 is 4.90 Å². The summed E-state index contributed by atoms with van der Waals surface area (Å²) in [7, 11) is 0. The number of amides is 1. The van der Waals surface area contributed by atoms with Crippen molar-refractivity contribution in [3.63, 3.8) is 0 Å². The number of hydrogen-bond donors (Lipinski definition) is 0. The first-order chi connectivity index (χ1) is 11.4. The second kappa shape index (κ2) is 5.32. The van der Waals surface area contributed by atoms with Crippen molar-refractivity contribution in [3.05, 3.63) is 34.9 Å². The summed E-state index contributed by atoms with van der Waals surface area (Å²) >= 11 is 0. The minimum atomic E-state index is -4.87. The molecule has 2 atom stereocenters. The molecule has 1 aromatic carbocycles. The fourth-order valence-electron chi connectivity index (χ4n) is 4.56. The quantitative estimate of drug-likeness (QED) is 0.718. The third kappa shape index (κ3) is 2.49. The SMILES string of the molecule is CC(=O)c1ccc2c(c1)CC1N(C(=O)C(F)(F)F)CC[C@]2(C)C1(C)C. The number of benzene rings is 1. The van der Waals surface area contributed by atoms with E-state index < -0.39 is 23.5 Å². The molecule has 2 aliphatic rings. The Bertz CT molecular complexity index is 754. The van der Waals surface area contributed by atoms with Gasteiger partial charge in [0.2, 0.25) is 0 Å². The van der Waals surface area contributed by atoms with E-state index in [0.29, 0.717) is 18.4 Å². The Balaban J connectivity index is 2.12. The number of likely N-dealkylation sites (tertiary alicyclic amines) is 1. The molecule has 6 heteroatoms. The minimum absolute atomic E-state index is 0.0776. The number of nitrogens with zero attached hydrogens (tertiary/aromatic N) is 1. The van der Waals surface area contributed by atoms with Crippen molar-refractivity contribution in [2.75, 3.05) is 6.54 Å². The Labute approximate surface area is 145 Å². The van der Waals surface area contributed by atoms with Crippen molar-refractivity contribution in [1.82, 2.24) is 4.90 Å². The predicted octanol–water partition coefficient (Wildman–Crippen LogP) is 3.89. The molecule has 1 unspecified atom stereocenters. The van der Waals surface area contributed by atoms with Gasteiger partial charge in [-0.1, -0.05) is 32.9 Å². The Morgan fingerprint density at radius 1 is 1.20 bits per heavy atom. The third-order valence-corrected chi connectivity index (χ3v) is 6.51. The van der Waals surface area contributed by atoms with Crippen LogP contribution < -0.4 is 0 Å². The van der Waals surface area contributed by atoms with Crippen LogP contribution in [0.2, 0.25) is 0 Å². The molecule has 3 nitrogen and oxygen atoms in total. The van der Waals surface area contributed by atoms with Crippen LogP contribution in [0.25, 0.3) is 0 Å². The second-order valence-corrected chi connectivity index (χ2v) is 7.95. The number of alkyl halides is 3. The van der Waals surface area contributed by atoms with E-state index in [0.717, 1.165) is 16.0 Å². The maximum Gasteiger partial charge on any atom is 0.471 e. The molecule has 0 N–H and O–H groups in total. The lowest BCUT2D eigenvalue weighted by atomic mass is 9.51. The third-order valence-electron chi connectivity index (χ3n) is 6.51. The standard InChI is InChI=1S/C19H22F3NO2/c1-11(24)12-5-6-14-13(9-12)10-15-17(2,3)18(14,4)7-8-23(15)16(25)19(20,21)22/h5-6,9,15H,7-8,10H2,1-4H3/t15?,18-/m0/s1. The van der Waals surface area contributed by atoms with E-state index in [-0.39, 0.29) is 17.7 Å². The summed E-state index contributed by atoms with van der Waals surface area (Å²) in [6, 6.07) is 4.95. The zero-order valence-corrected chi connectivity index (χ0v) is 14.8. The van der Waals surface area contributed by atoms with Gasteiger partial charge in [0.25, 0.3) is 0 Å². The van der Waals surface area contributed by atoms with Gasteiger partial charge >= 0.3 is 12.1 Å². The highest BCUT2D eigenvalue weighted by molar-refractivity contribution is 5.94. The zero-order chi connectivity index (χ0) is 18.8. The normalized spacial score (nSPS) is 27.6. The van der Waals surface area contributed by atoms with Crippen LogP contribution in [-0.2, 0) is 16.6 Å². The molecule has 1 aliphatic carbocycles. The molecule has 0 saturated carbocycles. The Morgan fingerprint density at radius 2 is 1.84 bits per heavy atom. The highest BCUT2D eigenvalue weighted by atomic mass is 19.4. The maximum atomic E-state index is 13.0. The summed E-state index contributed by atoms with van der Waals surface area (Å²) in [5.74, 6) is -1.84. The number of hydrogen-bond acceptors (Lipinski definition) is 2. The van der Waals surface area contributed by atoms with Crippen LogP contribution in [-0.4, -0.2) is 35.4 Å². The Morgan fingerprint density at radius 3 is 2.40 bits per heavy atom. The molecule has 2 bridgehead atoms. The molecular formula is C19H22F3NO2. The fourth-order valence-corrected chi connectivity index (χ4v) is 4.56. The summed E-state index contributed by atoms with van der Waals surface area (Å²) in [4.78, 5) is 24.6. The molecule has 1 aliphatic heterocycles. The van der Waals surface area contributed by atoms with Crippen LogP contribution in [0.3, 0.4) is 0 Å². The summed E-state index contributed by atoms with van der Waals surface area (Å²) in [6.07, 6.45) is -4.07. The first-order valence-corrected chi connectivity index (χ1v) is 8.42. The number of Topliss-reactive ketones (excluding diaryl/α,β-unsaturated/α-hetero) is 1. The van der Waals surface area contributed by atoms with Gasteiger partial charge in [-0.05, 0) is 42.4 Å². The van der Waals surface area contributed by atoms with Crippen molar-refractivity contribution in [3.8, 4) is 0 Å². The topological polar surface area (TPSA) is 37.4 Å². The van der Waals surface area contributed by atoms with E-state index in [1.54, 1.807) is 12.1 Å². The largest absolute Gasteiger partial charge is 0.471 e. The highest BCUT2D eigenvalue weighted by Crippen LogP contribution is 2.56. The molecule has 1 fully saturated rings. The lowest BCUT2D eigenvalue weighted by Gasteiger charge is -2.60.